The molecule has 5 amide bonds. The summed E-state index contributed by atoms with van der Waals surface area (Å²) >= 11 is 2.17. The Morgan fingerprint density at radius 3 is 2.44 bits per heavy atom. The second-order valence-electron chi connectivity index (χ2n) is 10.1. The zero-order valence-electron chi connectivity index (χ0n) is 23.9. The highest BCUT2D eigenvalue weighted by atomic mass is 127. The Morgan fingerprint density at radius 2 is 1.70 bits per heavy atom. The van der Waals surface area contributed by atoms with Gasteiger partial charge in [-0.3, -0.25) is 15.4 Å². The molecule has 4 N–H and O–H groups in total. The van der Waals surface area contributed by atoms with E-state index in [1.54, 1.807) is 36.5 Å². The number of urea groups is 2. The van der Waals surface area contributed by atoms with Gasteiger partial charge in [0, 0.05) is 55.1 Å². The van der Waals surface area contributed by atoms with Crippen LogP contribution in [0.5, 0.6) is 11.5 Å². The van der Waals surface area contributed by atoms with Crippen molar-refractivity contribution in [2.45, 2.75) is 17.3 Å². The molecule has 1 fully saturated rings. The Labute approximate surface area is 263 Å². The third kappa shape index (κ3) is 10.8. The molecular formula is C30H35FIN7O4. The van der Waals surface area contributed by atoms with E-state index in [1.807, 2.05) is 0 Å². The highest BCUT2D eigenvalue weighted by Gasteiger charge is 2.14. The number of rotatable bonds is 11. The van der Waals surface area contributed by atoms with E-state index in [-0.39, 0.29) is 12.5 Å². The first-order valence-corrected chi connectivity index (χ1v) is 15.4. The van der Waals surface area contributed by atoms with Crippen molar-refractivity contribution in [2.24, 2.45) is 0 Å². The molecule has 4 rings (SSSR count). The number of hydrogen-bond donors (Lipinski definition) is 4. The van der Waals surface area contributed by atoms with Gasteiger partial charge in [-0.25, -0.2) is 19.0 Å². The second kappa shape index (κ2) is 16.1. The molecule has 0 saturated carbocycles. The van der Waals surface area contributed by atoms with Gasteiger partial charge < -0.3 is 25.2 Å². The average Bonchev–Trinajstić information content (AvgIpc) is 2.98. The van der Waals surface area contributed by atoms with E-state index in [9.17, 15) is 18.8 Å². The largest absolute Gasteiger partial charge is 0.457 e. The van der Waals surface area contributed by atoms with Gasteiger partial charge in [0.15, 0.2) is 0 Å². The van der Waals surface area contributed by atoms with Crippen molar-refractivity contribution in [2.75, 3.05) is 56.9 Å². The highest BCUT2D eigenvalue weighted by Crippen LogP contribution is 2.29. The molecule has 3 aromatic rings. The number of nitrogens with zero attached hydrogens (tertiary/aromatic N) is 3. The number of amides is 5. The number of carbonyl (C=O) groups is 3. The molecule has 2 aromatic carbocycles. The Bertz CT molecular complexity index is 1400. The van der Waals surface area contributed by atoms with Crippen molar-refractivity contribution < 1.29 is 23.5 Å². The standard InChI is InChI=1S/C30H35FIN7O4/c1-38-13-15-39(16-14-38)12-2-10-34-29(41)36-27-19-25(9-11-33-27)43-24-7-8-26(22(18-24)20-32)35-30(42)37-28(40)17-21-3-5-23(31)6-4-21/h3-9,11,18-19H,2,10,12-17,20H2,1H3,(H2,33,34,36,41)(H2,35,37,40,42). The smallest absolute Gasteiger partial charge is 0.325 e. The number of pyridine rings is 1. The number of piperazine rings is 1. The SMILES string of the molecule is CN1CCN(CCCNC(=O)Nc2cc(Oc3ccc(NC(=O)NC(=O)Cc4ccc(F)cc4)c(CI)c3)ccn2)CC1. The molecule has 0 unspecified atom stereocenters. The fourth-order valence-corrected chi connectivity index (χ4v) is 5.02. The fraction of sp³-hybridized carbons (Fsp3) is 0.333. The number of carbonyl (C=O) groups excluding carboxylic acids is 3. The molecule has 2 heterocycles. The van der Waals surface area contributed by atoms with Crippen LogP contribution in [0.1, 0.15) is 17.5 Å². The van der Waals surface area contributed by atoms with Crippen molar-refractivity contribution in [3.63, 3.8) is 0 Å². The van der Waals surface area contributed by atoms with E-state index in [2.05, 4.69) is 65.7 Å². The van der Waals surface area contributed by atoms with E-state index < -0.39 is 17.8 Å². The lowest BCUT2D eigenvalue weighted by molar-refractivity contribution is -0.119. The van der Waals surface area contributed by atoms with Gasteiger partial charge in [0.25, 0.3) is 0 Å². The number of alkyl halides is 1. The normalized spacial score (nSPS) is 13.7. The lowest BCUT2D eigenvalue weighted by atomic mass is 10.1. The fourth-order valence-electron chi connectivity index (χ4n) is 4.39. The summed E-state index contributed by atoms with van der Waals surface area (Å²) in [6.07, 6.45) is 2.35. The Morgan fingerprint density at radius 1 is 0.953 bits per heavy atom. The molecule has 1 aliphatic heterocycles. The van der Waals surface area contributed by atoms with Crippen molar-refractivity contribution in [1.82, 2.24) is 25.4 Å². The maximum atomic E-state index is 13.1. The van der Waals surface area contributed by atoms with Gasteiger partial charge in [0.1, 0.15) is 23.1 Å². The molecule has 0 aliphatic carbocycles. The third-order valence-electron chi connectivity index (χ3n) is 6.74. The van der Waals surface area contributed by atoms with E-state index in [1.165, 1.54) is 24.3 Å². The number of anilines is 2. The lowest BCUT2D eigenvalue weighted by Crippen LogP contribution is -2.45. The van der Waals surface area contributed by atoms with Crippen LogP contribution in [-0.4, -0.2) is 79.1 Å². The average molecular weight is 704 g/mol. The summed E-state index contributed by atoms with van der Waals surface area (Å²) in [7, 11) is 2.13. The van der Waals surface area contributed by atoms with Crippen LogP contribution < -0.4 is 26.0 Å². The summed E-state index contributed by atoms with van der Waals surface area (Å²) in [6.45, 7) is 5.75. The first-order chi connectivity index (χ1) is 20.8. The van der Waals surface area contributed by atoms with Crippen LogP contribution in [0.15, 0.2) is 60.8 Å². The zero-order chi connectivity index (χ0) is 30.6. The van der Waals surface area contributed by atoms with Crippen molar-refractivity contribution in [3.8, 4) is 11.5 Å². The Kier molecular flexibility index (Phi) is 12.1. The molecular weight excluding hydrogens is 668 g/mol. The minimum Gasteiger partial charge on any atom is -0.457 e. The van der Waals surface area contributed by atoms with E-state index >= 15 is 0 Å². The molecule has 1 saturated heterocycles. The Balaban J connectivity index is 1.24. The van der Waals surface area contributed by atoms with Gasteiger partial charge in [-0.2, -0.15) is 0 Å². The summed E-state index contributed by atoms with van der Waals surface area (Å²) in [5.41, 5.74) is 1.89. The van der Waals surface area contributed by atoms with Crippen LogP contribution in [0.3, 0.4) is 0 Å². The zero-order valence-corrected chi connectivity index (χ0v) is 26.0. The molecule has 228 valence electrons. The van der Waals surface area contributed by atoms with Gasteiger partial charge in [0.05, 0.1) is 6.42 Å². The molecule has 0 atom stereocenters. The predicted molar refractivity (Wildman–Crippen MR) is 171 cm³/mol. The lowest BCUT2D eigenvalue weighted by Gasteiger charge is -2.32. The van der Waals surface area contributed by atoms with E-state index in [0.29, 0.717) is 39.5 Å². The van der Waals surface area contributed by atoms with Gasteiger partial charge in [-0.1, -0.05) is 34.7 Å². The maximum Gasteiger partial charge on any atom is 0.325 e. The van der Waals surface area contributed by atoms with Crippen molar-refractivity contribution in [1.29, 1.82) is 0 Å². The second-order valence-corrected chi connectivity index (χ2v) is 10.9. The summed E-state index contributed by atoms with van der Waals surface area (Å²) < 4.78 is 19.6. The van der Waals surface area contributed by atoms with Gasteiger partial charge in [0.2, 0.25) is 5.91 Å². The molecule has 1 aromatic heterocycles. The third-order valence-corrected chi connectivity index (χ3v) is 7.56. The molecule has 0 bridgehead atoms. The van der Waals surface area contributed by atoms with Crippen LogP contribution in [0, 0.1) is 5.82 Å². The molecule has 11 nitrogen and oxygen atoms in total. The number of likely N-dealkylation sites (N-methyl/N-ethyl adjacent to an activating group) is 1. The van der Waals surface area contributed by atoms with Crippen LogP contribution >= 0.6 is 22.6 Å². The molecule has 0 spiro atoms. The van der Waals surface area contributed by atoms with Crippen LogP contribution in [-0.2, 0) is 15.6 Å². The molecule has 13 heteroatoms. The number of nitrogens with one attached hydrogen (secondary N) is 4. The first-order valence-electron chi connectivity index (χ1n) is 13.9. The number of aromatic nitrogens is 1. The molecule has 1 aliphatic rings. The summed E-state index contributed by atoms with van der Waals surface area (Å²) in [5, 5.41) is 10.6. The van der Waals surface area contributed by atoms with Crippen molar-refractivity contribution >= 4 is 52.1 Å². The molecule has 0 radical (unpaired) electrons. The quantitative estimate of drug-likeness (QED) is 0.131. The monoisotopic (exact) mass is 703 g/mol. The van der Waals surface area contributed by atoms with Crippen LogP contribution in [0.2, 0.25) is 0 Å². The van der Waals surface area contributed by atoms with E-state index in [4.69, 9.17) is 4.74 Å². The Hall–Kier alpha value is -3.82. The number of hydrogen-bond acceptors (Lipinski definition) is 7. The van der Waals surface area contributed by atoms with E-state index in [0.717, 1.165) is 44.7 Å². The number of ether oxygens (including phenoxy) is 1. The summed E-state index contributed by atoms with van der Waals surface area (Å²) in [4.78, 5) is 45.9. The first kappa shape index (κ1) is 32.1. The van der Waals surface area contributed by atoms with Crippen LogP contribution in [0.4, 0.5) is 25.5 Å². The topological polar surface area (TPSA) is 128 Å². The van der Waals surface area contributed by atoms with Gasteiger partial charge in [-0.05, 0) is 67.5 Å². The number of halogens is 2. The van der Waals surface area contributed by atoms with Crippen molar-refractivity contribution in [3.05, 3.63) is 77.7 Å². The minimum absolute atomic E-state index is 0.0546. The number of benzene rings is 2. The maximum absolute atomic E-state index is 13.1. The summed E-state index contributed by atoms with van der Waals surface area (Å²) in [6, 6.07) is 13.0. The minimum atomic E-state index is -0.672. The predicted octanol–water partition coefficient (Wildman–Crippen LogP) is 4.60. The molecule has 43 heavy (non-hydrogen) atoms. The van der Waals surface area contributed by atoms with Gasteiger partial charge >= 0.3 is 12.1 Å². The number of imide groups is 1. The van der Waals surface area contributed by atoms with Gasteiger partial charge in [-0.15, -0.1) is 0 Å². The highest BCUT2D eigenvalue weighted by molar-refractivity contribution is 14.1. The summed E-state index contributed by atoms with van der Waals surface area (Å²) in [5.74, 6) is 0.442. The van der Waals surface area contributed by atoms with Crippen LogP contribution in [0.25, 0.3) is 0 Å².